The van der Waals surface area contributed by atoms with E-state index in [4.69, 9.17) is 5.14 Å². The molecule has 6 nitrogen and oxygen atoms in total. The number of primary sulfonamides is 1. The number of benzene rings is 1. The third kappa shape index (κ3) is 4.82. The maximum atomic E-state index is 11.5. The molecule has 4 N–H and O–H groups in total. The summed E-state index contributed by atoms with van der Waals surface area (Å²) in [5.74, 6) is -0.156. The molecule has 0 aliphatic rings. The van der Waals surface area contributed by atoms with Crippen LogP contribution in [0.15, 0.2) is 29.2 Å². The number of anilines is 1. The fourth-order valence-electron chi connectivity index (χ4n) is 1.40. The Balaban J connectivity index is 2.65. The maximum absolute atomic E-state index is 11.5. The van der Waals surface area contributed by atoms with Crippen LogP contribution in [0.5, 0.6) is 0 Å². The Hall–Kier alpha value is -1.44. The largest absolute Gasteiger partial charge is 0.326 e. The standard InChI is InChI=1S/C11H17N3O3S/c1-13-7-3-6-11(15)14-9-4-2-5-10(8-9)18(12,16)17/h2,4-5,8,13H,3,6-7H2,1H3,(H,14,15)(H2,12,16,17). The van der Waals surface area contributed by atoms with Crippen LogP contribution in [-0.2, 0) is 14.8 Å². The number of hydrogen-bond donors (Lipinski definition) is 3. The maximum Gasteiger partial charge on any atom is 0.238 e. The lowest BCUT2D eigenvalue weighted by Crippen LogP contribution is -2.16. The van der Waals surface area contributed by atoms with Gasteiger partial charge in [-0.25, -0.2) is 13.6 Å². The molecule has 1 rings (SSSR count). The van der Waals surface area contributed by atoms with E-state index in [2.05, 4.69) is 10.6 Å². The van der Waals surface area contributed by atoms with Crippen molar-refractivity contribution in [2.45, 2.75) is 17.7 Å². The topological polar surface area (TPSA) is 101 Å². The van der Waals surface area contributed by atoms with Crippen LogP contribution in [0, 0.1) is 0 Å². The Morgan fingerprint density at radius 2 is 2.11 bits per heavy atom. The SMILES string of the molecule is CNCCCC(=O)Nc1cccc(S(N)(=O)=O)c1. The van der Waals surface area contributed by atoms with E-state index in [1.54, 1.807) is 6.07 Å². The molecular formula is C11H17N3O3S. The molecule has 0 aliphatic carbocycles. The van der Waals surface area contributed by atoms with Crippen molar-refractivity contribution in [2.75, 3.05) is 18.9 Å². The van der Waals surface area contributed by atoms with Crippen molar-refractivity contribution >= 4 is 21.6 Å². The molecule has 0 aromatic heterocycles. The molecule has 0 bridgehead atoms. The van der Waals surface area contributed by atoms with Gasteiger partial charge in [-0.05, 0) is 38.2 Å². The molecule has 7 heteroatoms. The van der Waals surface area contributed by atoms with Crippen molar-refractivity contribution in [3.8, 4) is 0 Å². The van der Waals surface area contributed by atoms with Crippen LogP contribution >= 0.6 is 0 Å². The Bertz CT molecular complexity index is 514. The molecule has 1 amide bonds. The molecule has 0 fully saturated rings. The molecular weight excluding hydrogens is 254 g/mol. The highest BCUT2D eigenvalue weighted by atomic mass is 32.2. The molecule has 0 saturated carbocycles. The first-order valence-corrected chi connectivity index (χ1v) is 7.05. The van der Waals surface area contributed by atoms with Gasteiger partial charge >= 0.3 is 0 Å². The van der Waals surface area contributed by atoms with Gasteiger partial charge in [0.05, 0.1) is 4.90 Å². The number of nitrogens with two attached hydrogens (primary N) is 1. The zero-order valence-electron chi connectivity index (χ0n) is 10.1. The quantitative estimate of drug-likeness (QED) is 0.646. The summed E-state index contributed by atoms with van der Waals surface area (Å²) >= 11 is 0. The van der Waals surface area contributed by atoms with Crippen LogP contribution in [0.3, 0.4) is 0 Å². The summed E-state index contributed by atoms with van der Waals surface area (Å²) in [7, 11) is -1.93. The van der Waals surface area contributed by atoms with Gasteiger partial charge < -0.3 is 10.6 Å². The third-order valence-electron chi connectivity index (χ3n) is 2.28. The lowest BCUT2D eigenvalue weighted by Gasteiger charge is -2.06. The first-order valence-electron chi connectivity index (χ1n) is 5.51. The molecule has 1 aromatic carbocycles. The number of rotatable bonds is 6. The van der Waals surface area contributed by atoms with Gasteiger partial charge in [-0.2, -0.15) is 0 Å². The van der Waals surface area contributed by atoms with E-state index in [0.717, 1.165) is 13.0 Å². The van der Waals surface area contributed by atoms with Crippen molar-refractivity contribution in [3.05, 3.63) is 24.3 Å². The molecule has 18 heavy (non-hydrogen) atoms. The first kappa shape index (κ1) is 14.6. The summed E-state index contributed by atoms with van der Waals surface area (Å²) < 4.78 is 22.3. The highest BCUT2D eigenvalue weighted by Gasteiger charge is 2.09. The van der Waals surface area contributed by atoms with Crippen molar-refractivity contribution in [1.82, 2.24) is 5.32 Å². The average Bonchev–Trinajstić information content (AvgIpc) is 2.28. The zero-order valence-corrected chi connectivity index (χ0v) is 11.0. The summed E-state index contributed by atoms with van der Waals surface area (Å²) in [6.07, 6.45) is 1.09. The Morgan fingerprint density at radius 1 is 1.39 bits per heavy atom. The van der Waals surface area contributed by atoms with Crippen molar-refractivity contribution in [1.29, 1.82) is 0 Å². The molecule has 1 aromatic rings. The Labute approximate surface area is 107 Å². The zero-order chi connectivity index (χ0) is 13.6. The van der Waals surface area contributed by atoms with Crippen molar-refractivity contribution in [3.63, 3.8) is 0 Å². The fourth-order valence-corrected chi connectivity index (χ4v) is 1.96. The Morgan fingerprint density at radius 3 is 2.72 bits per heavy atom. The van der Waals surface area contributed by atoms with Gasteiger partial charge in [-0.3, -0.25) is 4.79 Å². The summed E-state index contributed by atoms with van der Waals surface area (Å²) in [6.45, 7) is 0.755. The van der Waals surface area contributed by atoms with Gasteiger partial charge in [0.15, 0.2) is 0 Å². The van der Waals surface area contributed by atoms with Crippen LogP contribution in [0.2, 0.25) is 0 Å². The van der Waals surface area contributed by atoms with Crippen LogP contribution < -0.4 is 15.8 Å². The summed E-state index contributed by atoms with van der Waals surface area (Å²) in [5.41, 5.74) is 0.427. The molecule has 0 spiro atoms. The van der Waals surface area contributed by atoms with Gasteiger partial charge in [-0.15, -0.1) is 0 Å². The van der Waals surface area contributed by atoms with E-state index < -0.39 is 10.0 Å². The number of carbonyl (C=O) groups is 1. The van der Waals surface area contributed by atoms with E-state index in [1.807, 2.05) is 7.05 Å². The molecule has 0 atom stereocenters. The second kappa shape index (κ2) is 6.48. The predicted octanol–water partition coefficient (Wildman–Crippen LogP) is 0.272. The molecule has 0 heterocycles. The fraction of sp³-hybridized carbons (Fsp3) is 0.364. The normalized spacial score (nSPS) is 11.2. The van der Waals surface area contributed by atoms with E-state index in [9.17, 15) is 13.2 Å². The van der Waals surface area contributed by atoms with Crippen LogP contribution in [-0.4, -0.2) is 27.9 Å². The summed E-state index contributed by atoms with van der Waals surface area (Å²) in [5, 5.41) is 10.6. The summed E-state index contributed by atoms with van der Waals surface area (Å²) in [4.78, 5) is 11.5. The molecule has 0 saturated heterocycles. The summed E-state index contributed by atoms with van der Waals surface area (Å²) in [6, 6.07) is 5.87. The van der Waals surface area contributed by atoms with Crippen LogP contribution in [0.25, 0.3) is 0 Å². The average molecular weight is 271 g/mol. The van der Waals surface area contributed by atoms with Gasteiger partial charge in [0.1, 0.15) is 0 Å². The monoisotopic (exact) mass is 271 g/mol. The number of carbonyl (C=O) groups excluding carboxylic acids is 1. The number of hydrogen-bond acceptors (Lipinski definition) is 4. The van der Waals surface area contributed by atoms with Gasteiger partial charge in [0.25, 0.3) is 0 Å². The van der Waals surface area contributed by atoms with E-state index in [1.165, 1.54) is 18.2 Å². The molecule has 0 unspecified atom stereocenters. The van der Waals surface area contributed by atoms with Crippen molar-refractivity contribution < 1.29 is 13.2 Å². The molecule has 100 valence electrons. The minimum absolute atomic E-state index is 0.0180. The second-order valence-corrected chi connectivity index (χ2v) is 5.39. The van der Waals surface area contributed by atoms with E-state index in [-0.39, 0.29) is 10.8 Å². The highest BCUT2D eigenvalue weighted by molar-refractivity contribution is 7.89. The number of amides is 1. The minimum Gasteiger partial charge on any atom is -0.326 e. The van der Waals surface area contributed by atoms with Gasteiger partial charge in [-0.1, -0.05) is 6.07 Å². The van der Waals surface area contributed by atoms with Gasteiger partial charge in [0, 0.05) is 12.1 Å². The lowest BCUT2D eigenvalue weighted by molar-refractivity contribution is -0.116. The van der Waals surface area contributed by atoms with Crippen LogP contribution in [0.1, 0.15) is 12.8 Å². The first-order chi connectivity index (χ1) is 8.43. The van der Waals surface area contributed by atoms with Crippen molar-refractivity contribution in [2.24, 2.45) is 5.14 Å². The molecule has 0 aliphatic heterocycles. The number of nitrogens with one attached hydrogen (secondary N) is 2. The Kier molecular flexibility index (Phi) is 5.26. The second-order valence-electron chi connectivity index (χ2n) is 3.83. The van der Waals surface area contributed by atoms with Gasteiger partial charge in [0.2, 0.25) is 15.9 Å². The smallest absolute Gasteiger partial charge is 0.238 e. The van der Waals surface area contributed by atoms with E-state index >= 15 is 0 Å². The highest BCUT2D eigenvalue weighted by Crippen LogP contribution is 2.14. The minimum atomic E-state index is -3.74. The number of sulfonamides is 1. The lowest BCUT2D eigenvalue weighted by atomic mass is 10.2. The third-order valence-corrected chi connectivity index (χ3v) is 3.19. The molecule has 0 radical (unpaired) electrons. The van der Waals surface area contributed by atoms with Crippen LogP contribution in [0.4, 0.5) is 5.69 Å². The van der Waals surface area contributed by atoms with E-state index in [0.29, 0.717) is 12.1 Å². The predicted molar refractivity (Wildman–Crippen MR) is 69.6 cm³/mol.